The van der Waals surface area contributed by atoms with Crippen LogP contribution in [0.5, 0.6) is 0 Å². The van der Waals surface area contributed by atoms with Gasteiger partial charge < -0.3 is 11.1 Å². The number of aromatic nitrogens is 1. The molecule has 0 saturated carbocycles. The maximum Gasteiger partial charge on any atom is 0.241 e. The predicted octanol–water partition coefficient (Wildman–Crippen LogP) is 5.87. The van der Waals surface area contributed by atoms with E-state index in [-0.39, 0.29) is 22.6 Å². The van der Waals surface area contributed by atoms with Gasteiger partial charge in [-0.1, -0.05) is 42.5 Å². The molecule has 1 aliphatic heterocycles. The van der Waals surface area contributed by atoms with Crippen LogP contribution < -0.4 is 15.8 Å². The average Bonchev–Trinajstić information content (AvgIpc) is 3.61. The number of aliphatic imine (C=N–C) groups is 1. The first-order chi connectivity index (χ1) is 21.2. The van der Waals surface area contributed by atoms with Crippen molar-refractivity contribution in [3.63, 3.8) is 0 Å². The molecule has 11 heteroatoms. The summed E-state index contributed by atoms with van der Waals surface area (Å²) in [5.41, 5.74) is 10.5. The fraction of sp³-hybridized carbons (Fsp3) is 0.212. The molecule has 5 N–H and O–H groups in total. The summed E-state index contributed by atoms with van der Waals surface area (Å²) in [5, 5.41) is 11.4. The van der Waals surface area contributed by atoms with Crippen molar-refractivity contribution < 1.29 is 13.2 Å². The van der Waals surface area contributed by atoms with E-state index in [9.17, 15) is 13.2 Å². The molecule has 1 aromatic heterocycles. The molecule has 0 spiro atoms. The lowest BCUT2D eigenvalue weighted by molar-refractivity contribution is -0.119. The summed E-state index contributed by atoms with van der Waals surface area (Å²) >= 11 is 1.43. The number of hydrogen-bond acceptors (Lipinski definition) is 7. The maximum absolute atomic E-state index is 13.8. The minimum absolute atomic E-state index is 0.0337. The first-order valence-corrected chi connectivity index (χ1v) is 16.7. The fourth-order valence-electron chi connectivity index (χ4n) is 5.55. The summed E-state index contributed by atoms with van der Waals surface area (Å²) in [6.45, 7) is 0. The summed E-state index contributed by atoms with van der Waals surface area (Å²) < 4.78 is 31.4. The largest absolute Gasteiger partial charge is 0.384 e. The van der Waals surface area contributed by atoms with Gasteiger partial charge in [-0.05, 0) is 79.3 Å². The molecule has 0 radical (unpaired) electrons. The van der Waals surface area contributed by atoms with Gasteiger partial charge in [-0.15, -0.1) is 11.3 Å². The van der Waals surface area contributed by atoms with Crippen molar-refractivity contribution >= 4 is 55.2 Å². The Morgan fingerprint density at radius 2 is 1.91 bits per heavy atom. The van der Waals surface area contributed by atoms with E-state index in [4.69, 9.17) is 16.1 Å². The topological polar surface area (TPSA) is 150 Å². The first-order valence-electron chi connectivity index (χ1n) is 14.4. The zero-order chi connectivity index (χ0) is 30.7. The standard InChI is InChI=1S/C33H32N6O3S2/c34-31(35)23-10-6-8-21(16-23)17-29(33-38-27-13-3-4-14-30(27)43-33)39-44(41,42)26-12-7-11-25(20-26)37-32(40)24-18-22-9-2-1-5-15-36-28(22)19-24/h1,3-8,10-16,20,24,29,39H,2,9,17-19H2,(H3,34,35)(H,37,40)/b5-1-,36-15?. The number of carbonyl (C=O) groups excluding carboxylic acids is 1. The van der Waals surface area contributed by atoms with Crippen LogP contribution in [-0.4, -0.2) is 31.4 Å². The molecule has 6 rings (SSSR count). The van der Waals surface area contributed by atoms with Crippen LogP contribution in [-0.2, 0) is 21.2 Å². The van der Waals surface area contributed by atoms with Gasteiger partial charge in [-0.2, -0.15) is 0 Å². The van der Waals surface area contributed by atoms with Gasteiger partial charge in [0.1, 0.15) is 10.8 Å². The third kappa shape index (κ3) is 6.70. The van der Waals surface area contributed by atoms with Crippen LogP contribution in [0.3, 0.4) is 0 Å². The molecule has 2 atom stereocenters. The smallest absolute Gasteiger partial charge is 0.241 e. The Bertz CT molecular complexity index is 1910. The number of hydrogen-bond donors (Lipinski definition) is 4. The Hall–Kier alpha value is -4.45. The Kier molecular flexibility index (Phi) is 8.51. The summed E-state index contributed by atoms with van der Waals surface area (Å²) in [4.78, 5) is 22.5. The molecular formula is C33H32N6O3S2. The molecule has 2 heterocycles. The third-order valence-corrected chi connectivity index (χ3v) is 10.4. The van der Waals surface area contributed by atoms with Crippen LogP contribution >= 0.6 is 11.3 Å². The molecule has 0 fully saturated rings. The first kappa shape index (κ1) is 29.6. The van der Waals surface area contributed by atoms with Crippen molar-refractivity contribution in [2.24, 2.45) is 16.6 Å². The van der Waals surface area contributed by atoms with Crippen molar-refractivity contribution in [1.29, 1.82) is 5.41 Å². The van der Waals surface area contributed by atoms with Crippen molar-refractivity contribution in [2.45, 2.75) is 43.0 Å². The lowest BCUT2D eigenvalue weighted by atomic mass is 10.0. The molecule has 0 saturated heterocycles. The number of para-hydroxylation sites is 1. The van der Waals surface area contributed by atoms with Crippen molar-refractivity contribution in [3.05, 3.63) is 112 Å². The minimum Gasteiger partial charge on any atom is -0.384 e. The second-order valence-corrected chi connectivity index (χ2v) is 13.7. The van der Waals surface area contributed by atoms with Gasteiger partial charge in [0.25, 0.3) is 0 Å². The zero-order valence-electron chi connectivity index (χ0n) is 23.9. The highest BCUT2D eigenvalue weighted by molar-refractivity contribution is 7.89. The average molecular weight is 625 g/mol. The highest BCUT2D eigenvalue weighted by Crippen LogP contribution is 2.36. The molecule has 1 amide bonds. The minimum atomic E-state index is -4.03. The number of anilines is 1. The highest BCUT2D eigenvalue weighted by atomic mass is 32.2. The molecule has 3 aromatic carbocycles. The molecule has 0 bridgehead atoms. The van der Waals surface area contributed by atoms with E-state index < -0.39 is 16.1 Å². The third-order valence-electron chi connectivity index (χ3n) is 7.77. The van der Waals surface area contributed by atoms with Gasteiger partial charge in [0.15, 0.2) is 0 Å². The summed E-state index contributed by atoms with van der Waals surface area (Å²) in [6, 6.07) is 20.5. The van der Waals surface area contributed by atoms with E-state index in [2.05, 4.69) is 21.1 Å². The number of sulfonamides is 1. The van der Waals surface area contributed by atoms with Crippen LogP contribution in [0.1, 0.15) is 47.9 Å². The molecule has 4 aromatic rings. The van der Waals surface area contributed by atoms with Crippen LogP contribution in [0.2, 0.25) is 0 Å². The molecule has 2 unspecified atom stereocenters. The predicted molar refractivity (Wildman–Crippen MR) is 176 cm³/mol. The Balaban J connectivity index is 1.22. The monoisotopic (exact) mass is 624 g/mol. The van der Waals surface area contributed by atoms with Gasteiger partial charge >= 0.3 is 0 Å². The maximum atomic E-state index is 13.8. The van der Waals surface area contributed by atoms with Crippen LogP contribution in [0, 0.1) is 11.3 Å². The van der Waals surface area contributed by atoms with Gasteiger partial charge in [-0.25, -0.2) is 18.1 Å². The number of nitrogen functional groups attached to an aromatic ring is 1. The zero-order valence-corrected chi connectivity index (χ0v) is 25.5. The summed E-state index contributed by atoms with van der Waals surface area (Å²) in [5.74, 6) is -0.463. The number of nitrogens with zero attached hydrogens (tertiary/aromatic N) is 2. The molecule has 1 aliphatic carbocycles. The van der Waals surface area contributed by atoms with E-state index in [0.29, 0.717) is 35.5 Å². The van der Waals surface area contributed by atoms with Gasteiger partial charge in [0, 0.05) is 35.5 Å². The van der Waals surface area contributed by atoms with Crippen LogP contribution in [0.15, 0.2) is 106 Å². The lowest BCUT2D eigenvalue weighted by Gasteiger charge is -2.18. The van der Waals surface area contributed by atoms with Crippen molar-refractivity contribution in [1.82, 2.24) is 9.71 Å². The second kappa shape index (κ2) is 12.7. The normalized spacial score (nSPS) is 18.0. The number of thiazole rings is 1. The van der Waals surface area contributed by atoms with Gasteiger partial charge in [0.2, 0.25) is 15.9 Å². The number of nitrogens with two attached hydrogens (primary N) is 1. The highest BCUT2D eigenvalue weighted by Gasteiger charge is 2.30. The number of nitrogens with one attached hydrogen (secondary N) is 3. The summed E-state index contributed by atoms with van der Waals surface area (Å²) in [7, 11) is -4.03. The lowest BCUT2D eigenvalue weighted by Crippen LogP contribution is -2.30. The number of rotatable bonds is 9. The van der Waals surface area contributed by atoms with Gasteiger partial charge in [-0.3, -0.25) is 15.2 Å². The molecule has 9 nitrogen and oxygen atoms in total. The van der Waals surface area contributed by atoms with Gasteiger partial charge in [0.05, 0.1) is 21.2 Å². The Labute approximate surface area is 260 Å². The molecule has 44 heavy (non-hydrogen) atoms. The number of amidine groups is 1. The van der Waals surface area contributed by atoms with E-state index in [1.54, 1.807) is 36.5 Å². The van der Waals surface area contributed by atoms with Crippen molar-refractivity contribution in [2.75, 3.05) is 5.32 Å². The van der Waals surface area contributed by atoms with E-state index in [1.165, 1.54) is 29.0 Å². The molecular weight excluding hydrogens is 593 g/mol. The molecule has 224 valence electrons. The van der Waals surface area contributed by atoms with E-state index in [0.717, 1.165) is 34.3 Å². The van der Waals surface area contributed by atoms with E-state index in [1.807, 2.05) is 36.4 Å². The number of carbonyl (C=O) groups is 1. The SMILES string of the molecule is N=C(N)c1cccc(CC(NS(=O)(=O)c2cccc(NC(=O)C3CC4=C(C3)N=C/C=C\CC4)c2)c2nc3ccccc3s2)c1. The van der Waals surface area contributed by atoms with Crippen LogP contribution in [0.25, 0.3) is 10.2 Å². The van der Waals surface area contributed by atoms with Crippen LogP contribution in [0.4, 0.5) is 5.69 Å². The second-order valence-electron chi connectivity index (χ2n) is 10.9. The number of benzene rings is 3. The van der Waals surface area contributed by atoms with E-state index >= 15 is 0 Å². The number of amides is 1. The Morgan fingerprint density at radius 1 is 1.07 bits per heavy atom. The quantitative estimate of drug-likeness (QED) is 0.136. The fourth-order valence-corrected chi connectivity index (χ4v) is 7.89. The number of allylic oxidation sites excluding steroid dienone is 4. The van der Waals surface area contributed by atoms with Crippen molar-refractivity contribution in [3.8, 4) is 0 Å². The summed E-state index contributed by atoms with van der Waals surface area (Å²) in [6.07, 6.45) is 9.12. The Morgan fingerprint density at radius 3 is 2.75 bits per heavy atom. The number of fused-ring (bicyclic) bond motifs is 1. The molecule has 2 aliphatic rings.